The Balaban J connectivity index is 2.76. The highest BCUT2D eigenvalue weighted by molar-refractivity contribution is 5.20. The monoisotopic (exact) mass is 163 g/mol. The van der Waals surface area contributed by atoms with Gasteiger partial charge in [0.25, 0.3) is 0 Å². The summed E-state index contributed by atoms with van der Waals surface area (Å²) < 4.78 is 0. The summed E-state index contributed by atoms with van der Waals surface area (Å²) >= 11 is 0. The molecule has 0 fully saturated rings. The van der Waals surface area contributed by atoms with Gasteiger partial charge in [-0.05, 0) is 12.1 Å². The molecule has 0 saturated heterocycles. The van der Waals surface area contributed by atoms with Gasteiger partial charge in [-0.2, -0.15) is 5.26 Å². The van der Waals surface area contributed by atoms with E-state index >= 15 is 0 Å². The van der Waals surface area contributed by atoms with Gasteiger partial charge >= 0.3 is 0 Å². The van der Waals surface area contributed by atoms with Crippen LogP contribution in [0.1, 0.15) is 18.2 Å². The molecule has 0 unspecified atom stereocenters. The molecule has 0 aliphatic heterocycles. The first-order chi connectivity index (χ1) is 5.74. The van der Waals surface area contributed by atoms with Crippen molar-refractivity contribution in [3.05, 3.63) is 24.0 Å². The molecule has 0 spiro atoms. The highest BCUT2D eigenvalue weighted by Gasteiger charge is 2.05. The molecule has 0 amide bonds. The fourth-order valence-corrected chi connectivity index (χ4v) is 0.820. The van der Waals surface area contributed by atoms with Crippen molar-refractivity contribution < 1.29 is 5.11 Å². The fraction of sp³-hybridized carbons (Fsp3) is 0.250. The molecule has 1 rings (SSSR count). The van der Waals surface area contributed by atoms with Crippen LogP contribution in [0.25, 0.3) is 0 Å². The molecule has 4 heteroatoms. The number of rotatable bonds is 2. The fourth-order valence-electron chi connectivity index (χ4n) is 0.820. The van der Waals surface area contributed by atoms with E-state index in [2.05, 4.69) is 4.98 Å². The highest BCUT2D eigenvalue weighted by Crippen LogP contribution is 2.13. The van der Waals surface area contributed by atoms with Gasteiger partial charge in [0, 0.05) is 0 Å². The number of nitriles is 1. The summed E-state index contributed by atoms with van der Waals surface area (Å²) in [7, 11) is 0. The Morgan fingerprint density at radius 3 is 2.92 bits per heavy atom. The lowest BCUT2D eigenvalue weighted by Gasteiger charge is -2.05. The van der Waals surface area contributed by atoms with Gasteiger partial charge in [-0.3, -0.25) is 4.98 Å². The largest absolute Gasteiger partial charge is 0.506 e. The molecule has 1 aromatic heterocycles. The van der Waals surface area contributed by atoms with E-state index in [1.54, 1.807) is 6.07 Å². The standard InChI is InChI=1S/C8H9N3O/c9-4-3-7(10)8-2-1-6(12)5-11-8/h1-2,5,7,12H,3,10H2/t7-/m1/s1. The quantitative estimate of drug-likeness (QED) is 0.672. The maximum Gasteiger partial charge on any atom is 0.133 e. The minimum Gasteiger partial charge on any atom is -0.506 e. The second-order valence-corrected chi connectivity index (χ2v) is 2.41. The van der Waals surface area contributed by atoms with Gasteiger partial charge in [0.15, 0.2) is 0 Å². The van der Waals surface area contributed by atoms with Crippen molar-refractivity contribution in [2.45, 2.75) is 12.5 Å². The van der Waals surface area contributed by atoms with Crippen molar-refractivity contribution in [2.24, 2.45) is 5.73 Å². The Hall–Kier alpha value is -1.60. The van der Waals surface area contributed by atoms with Gasteiger partial charge in [0.1, 0.15) is 5.75 Å². The molecule has 0 aliphatic rings. The van der Waals surface area contributed by atoms with Gasteiger partial charge in [-0.25, -0.2) is 0 Å². The van der Waals surface area contributed by atoms with Crippen LogP contribution in [-0.2, 0) is 0 Å². The van der Waals surface area contributed by atoms with E-state index in [0.717, 1.165) is 0 Å². The first-order valence-corrected chi connectivity index (χ1v) is 3.51. The van der Waals surface area contributed by atoms with Crippen molar-refractivity contribution in [1.82, 2.24) is 4.98 Å². The van der Waals surface area contributed by atoms with Crippen LogP contribution in [0.15, 0.2) is 18.3 Å². The molecule has 1 atom stereocenters. The Morgan fingerprint density at radius 2 is 2.42 bits per heavy atom. The van der Waals surface area contributed by atoms with Crippen molar-refractivity contribution in [1.29, 1.82) is 5.26 Å². The third kappa shape index (κ3) is 1.94. The third-order valence-electron chi connectivity index (χ3n) is 1.46. The predicted octanol–water partition coefficient (Wildman–Crippen LogP) is 0.701. The maximum absolute atomic E-state index is 8.90. The first-order valence-electron chi connectivity index (χ1n) is 3.51. The van der Waals surface area contributed by atoms with Crippen LogP contribution in [0.2, 0.25) is 0 Å². The zero-order chi connectivity index (χ0) is 8.97. The summed E-state index contributed by atoms with van der Waals surface area (Å²) in [6.45, 7) is 0. The van der Waals surface area contributed by atoms with Crippen molar-refractivity contribution in [3.8, 4) is 11.8 Å². The molecule has 0 bridgehead atoms. The molecule has 4 nitrogen and oxygen atoms in total. The number of hydrogen-bond donors (Lipinski definition) is 2. The number of nitrogens with two attached hydrogens (primary N) is 1. The average molecular weight is 163 g/mol. The Kier molecular flexibility index (Phi) is 2.62. The van der Waals surface area contributed by atoms with Crippen molar-refractivity contribution in [3.63, 3.8) is 0 Å². The average Bonchev–Trinajstić information content (AvgIpc) is 2.06. The smallest absolute Gasteiger partial charge is 0.133 e. The first kappa shape index (κ1) is 8.50. The summed E-state index contributed by atoms with van der Waals surface area (Å²) in [6.07, 6.45) is 1.55. The molecule has 0 radical (unpaired) electrons. The van der Waals surface area contributed by atoms with E-state index < -0.39 is 0 Å². The normalized spacial score (nSPS) is 12.0. The van der Waals surface area contributed by atoms with Crippen molar-refractivity contribution >= 4 is 0 Å². The van der Waals surface area contributed by atoms with E-state index in [0.29, 0.717) is 5.69 Å². The predicted molar refractivity (Wildman–Crippen MR) is 43.1 cm³/mol. The van der Waals surface area contributed by atoms with E-state index in [1.165, 1.54) is 12.3 Å². The van der Waals surface area contributed by atoms with Crippen LogP contribution in [0.4, 0.5) is 0 Å². The number of nitrogens with zero attached hydrogens (tertiary/aromatic N) is 2. The van der Waals surface area contributed by atoms with Crippen LogP contribution < -0.4 is 5.73 Å². The lowest BCUT2D eigenvalue weighted by Crippen LogP contribution is -2.10. The number of hydrogen-bond acceptors (Lipinski definition) is 4. The topological polar surface area (TPSA) is 82.9 Å². The van der Waals surface area contributed by atoms with E-state index in [-0.39, 0.29) is 18.2 Å². The van der Waals surface area contributed by atoms with E-state index in [9.17, 15) is 0 Å². The van der Waals surface area contributed by atoms with Crippen LogP contribution >= 0.6 is 0 Å². The molecule has 62 valence electrons. The van der Waals surface area contributed by atoms with Crippen LogP contribution in [0.3, 0.4) is 0 Å². The Morgan fingerprint density at radius 1 is 1.67 bits per heavy atom. The van der Waals surface area contributed by atoms with E-state index in [4.69, 9.17) is 16.1 Å². The minimum absolute atomic E-state index is 0.0999. The van der Waals surface area contributed by atoms with Crippen molar-refractivity contribution in [2.75, 3.05) is 0 Å². The van der Waals surface area contributed by atoms with Gasteiger partial charge in [0.2, 0.25) is 0 Å². The highest BCUT2D eigenvalue weighted by atomic mass is 16.3. The molecule has 0 aromatic carbocycles. The van der Waals surface area contributed by atoms with Crippen LogP contribution in [0, 0.1) is 11.3 Å². The number of aromatic nitrogens is 1. The van der Waals surface area contributed by atoms with Gasteiger partial charge in [-0.1, -0.05) is 0 Å². The molecule has 0 saturated carbocycles. The minimum atomic E-state index is -0.365. The Labute approximate surface area is 70.3 Å². The number of aromatic hydroxyl groups is 1. The zero-order valence-electron chi connectivity index (χ0n) is 6.44. The maximum atomic E-state index is 8.90. The summed E-state index contributed by atoms with van der Waals surface area (Å²) in [5.41, 5.74) is 6.21. The third-order valence-corrected chi connectivity index (χ3v) is 1.46. The second kappa shape index (κ2) is 3.69. The summed E-state index contributed by atoms with van der Waals surface area (Å²) in [5.74, 6) is 0.0999. The van der Waals surface area contributed by atoms with Gasteiger partial charge in [0.05, 0.1) is 30.4 Å². The summed E-state index contributed by atoms with van der Waals surface area (Å²) in [4.78, 5) is 3.87. The van der Waals surface area contributed by atoms with Gasteiger partial charge < -0.3 is 10.8 Å². The van der Waals surface area contributed by atoms with Crippen LogP contribution in [0.5, 0.6) is 5.75 Å². The molecule has 1 heterocycles. The second-order valence-electron chi connectivity index (χ2n) is 2.41. The molecule has 1 aromatic rings. The zero-order valence-corrected chi connectivity index (χ0v) is 6.44. The Bertz CT molecular complexity index is 288. The SMILES string of the molecule is N#CC[C@@H](N)c1ccc(O)cn1. The summed E-state index contributed by atoms with van der Waals surface area (Å²) in [5, 5.41) is 17.2. The van der Waals surface area contributed by atoms with Crippen LogP contribution in [-0.4, -0.2) is 10.1 Å². The lowest BCUT2D eigenvalue weighted by molar-refractivity contribution is 0.471. The van der Waals surface area contributed by atoms with Gasteiger partial charge in [-0.15, -0.1) is 0 Å². The molecular formula is C8H9N3O. The molecule has 3 N–H and O–H groups in total. The molecule has 0 aliphatic carbocycles. The summed E-state index contributed by atoms with van der Waals surface area (Å²) in [6, 6.07) is 4.70. The molecular weight excluding hydrogens is 154 g/mol. The lowest BCUT2D eigenvalue weighted by atomic mass is 10.1. The molecule has 12 heavy (non-hydrogen) atoms. The van der Waals surface area contributed by atoms with E-state index in [1.807, 2.05) is 6.07 Å². The number of pyridine rings is 1.